The quantitative estimate of drug-likeness (QED) is 0.378. The molecule has 0 amide bonds. The summed E-state index contributed by atoms with van der Waals surface area (Å²) >= 11 is 3.49. The summed E-state index contributed by atoms with van der Waals surface area (Å²) in [6.45, 7) is 2.86. The van der Waals surface area contributed by atoms with Crippen molar-refractivity contribution in [2.75, 3.05) is 13.7 Å². The Kier molecular flexibility index (Phi) is 5.03. The molecule has 0 fully saturated rings. The van der Waals surface area contributed by atoms with Crippen LogP contribution in [0.5, 0.6) is 0 Å². The van der Waals surface area contributed by atoms with Crippen LogP contribution in [0, 0.1) is 0 Å². The Labute approximate surface area is 186 Å². The second-order valence-corrected chi connectivity index (χ2v) is 8.14. The Morgan fingerprint density at radius 2 is 1.68 bits per heavy atom. The van der Waals surface area contributed by atoms with Gasteiger partial charge in [0.05, 0.1) is 24.2 Å². The predicted octanol–water partition coefficient (Wildman–Crippen LogP) is 4.25. The number of aryl methyl sites for hydroxylation is 1. The molecule has 0 spiro atoms. The molecular formula is C23H20BrN5O2. The van der Waals surface area contributed by atoms with Gasteiger partial charge in [-0.05, 0) is 36.4 Å². The number of nitrogens with zero attached hydrogens (tertiary/aromatic N) is 5. The fourth-order valence-electron chi connectivity index (χ4n) is 3.89. The van der Waals surface area contributed by atoms with Crippen LogP contribution in [0.2, 0.25) is 0 Å². The molecule has 0 aliphatic heterocycles. The molecule has 0 atom stereocenters. The summed E-state index contributed by atoms with van der Waals surface area (Å²) in [6.07, 6.45) is 0.625. The molecule has 5 aromatic rings. The summed E-state index contributed by atoms with van der Waals surface area (Å²) in [4.78, 5) is 28.3. The number of rotatable bonds is 5. The maximum absolute atomic E-state index is 13.6. The van der Waals surface area contributed by atoms with Crippen molar-refractivity contribution in [2.45, 2.75) is 19.9 Å². The van der Waals surface area contributed by atoms with Gasteiger partial charge in [-0.2, -0.15) is 0 Å². The molecule has 5 rings (SSSR count). The van der Waals surface area contributed by atoms with Crippen molar-refractivity contribution in [3.8, 4) is 5.69 Å². The van der Waals surface area contributed by atoms with E-state index in [2.05, 4.69) is 15.9 Å². The molecule has 156 valence electrons. The maximum atomic E-state index is 13.6. The second-order valence-electron chi connectivity index (χ2n) is 7.23. The summed E-state index contributed by atoms with van der Waals surface area (Å²) in [6, 6.07) is 15.5. The van der Waals surface area contributed by atoms with E-state index in [-0.39, 0.29) is 5.56 Å². The van der Waals surface area contributed by atoms with Gasteiger partial charge in [0.15, 0.2) is 11.3 Å². The first-order chi connectivity index (χ1) is 15.1. The Morgan fingerprint density at radius 3 is 2.35 bits per heavy atom. The average molecular weight is 478 g/mol. The van der Waals surface area contributed by atoms with Gasteiger partial charge in [0.1, 0.15) is 16.7 Å². The lowest BCUT2D eigenvalue weighted by molar-refractivity contribution is 0.185. The fourth-order valence-corrected chi connectivity index (χ4v) is 4.15. The van der Waals surface area contributed by atoms with E-state index >= 15 is 0 Å². The van der Waals surface area contributed by atoms with Gasteiger partial charge in [0, 0.05) is 23.7 Å². The first-order valence-electron chi connectivity index (χ1n) is 10.1. The van der Waals surface area contributed by atoms with Crippen LogP contribution in [0.25, 0.3) is 38.9 Å². The van der Waals surface area contributed by atoms with Crippen molar-refractivity contribution >= 4 is 49.2 Å². The van der Waals surface area contributed by atoms with Crippen LogP contribution >= 0.6 is 15.9 Å². The number of para-hydroxylation sites is 2. The molecule has 7 nitrogen and oxygen atoms in total. The zero-order valence-electron chi connectivity index (χ0n) is 17.2. The minimum absolute atomic E-state index is 0.121. The van der Waals surface area contributed by atoms with Crippen LogP contribution in [-0.4, -0.2) is 37.8 Å². The Hall–Kier alpha value is -3.10. The van der Waals surface area contributed by atoms with E-state index in [4.69, 9.17) is 19.7 Å². The van der Waals surface area contributed by atoms with E-state index in [9.17, 15) is 4.79 Å². The minimum atomic E-state index is -0.121. The SMILES string of the molecule is CCc1nc2c(c(=O)n1CCOC)c1nc3ccccc3nc1n2-c1ccc(Br)cc1. The van der Waals surface area contributed by atoms with Crippen molar-refractivity contribution in [1.29, 1.82) is 0 Å². The van der Waals surface area contributed by atoms with Crippen molar-refractivity contribution in [1.82, 2.24) is 24.1 Å². The monoisotopic (exact) mass is 477 g/mol. The van der Waals surface area contributed by atoms with Crippen LogP contribution < -0.4 is 5.56 Å². The number of hydrogen-bond donors (Lipinski definition) is 0. The fraction of sp³-hybridized carbons (Fsp3) is 0.217. The van der Waals surface area contributed by atoms with E-state index < -0.39 is 0 Å². The van der Waals surface area contributed by atoms with E-state index in [0.717, 1.165) is 21.2 Å². The lowest BCUT2D eigenvalue weighted by atomic mass is 10.3. The molecule has 2 aromatic carbocycles. The van der Waals surface area contributed by atoms with Crippen LogP contribution in [0.1, 0.15) is 12.7 Å². The van der Waals surface area contributed by atoms with Crippen LogP contribution in [0.15, 0.2) is 57.8 Å². The van der Waals surface area contributed by atoms with Crippen molar-refractivity contribution in [3.63, 3.8) is 0 Å². The largest absolute Gasteiger partial charge is 0.383 e. The summed E-state index contributed by atoms with van der Waals surface area (Å²) in [5.74, 6) is 0.709. The van der Waals surface area contributed by atoms with Crippen molar-refractivity contribution in [3.05, 3.63) is 69.2 Å². The number of benzene rings is 2. The number of halogens is 1. The third kappa shape index (κ3) is 3.23. The smallest absolute Gasteiger partial charge is 0.265 e. The number of fused-ring (bicyclic) bond motifs is 4. The van der Waals surface area contributed by atoms with Gasteiger partial charge in [-0.25, -0.2) is 15.0 Å². The van der Waals surface area contributed by atoms with Crippen LogP contribution in [-0.2, 0) is 17.7 Å². The summed E-state index contributed by atoms with van der Waals surface area (Å²) in [5, 5.41) is 0.476. The van der Waals surface area contributed by atoms with Gasteiger partial charge in [-0.15, -0.1) is 0 Å². The van der Waals surface area contributed by atoms with E-state index in [1.165, 1.54) is 0 Å². The Bertz CT molecular complexity index is 1490. The van der Waals surface area contributed by atoms with Gasteiger partial charge in [-0.1, -0.05) is 35.0 Å². The lowest BCUT2D eigenvalue weighted by Crippen LogP contribution is -2.27. The average Bonchev–Trinajstić information content (AvgIpc) is 3.10. The summed E-state index contributed by atoms with van der Waals surface area (Å²) < 4.78 is 9.81. The third-order valence-corrected chi connectivity index (χ3v) is 5.89. The highest BCUT2D eigenvalue weighted by Crippen LogP contribution is 2.29. The number of methoxy groups -OCH3 is 1. The topological polar surface area (TPSA) is 74.8 Å². The molecule has 0 aliphatic rings. The maximum Gasteiger partial charge on any atom is 0.265 e. The summed E-state index contributed by atoms with van der Waals surface area (Å²) in [7, 11) is 1.62. The van der Waals surface area contributed by atoms with Gasteiger partial charge in [-0.3, -0.25) is 13.9 Å². The molecule has 31 heavy (non-hydrogen) atoms. The zero-order chi connectivity index (χ0) is 21.5. The lowest BCUT2D eigenvalue weighted by Gasteiger charge is -2.12. The van der Waals surface area contributed by atoms with E-state index in [1.54, 1.807) is 11.7 Å². The van der Waals surface area contributed by atoms with E-state index in [1.807, 2.05) is 60.0 Å². The molecule has 3 heterocycles. The molecule has 0 bridgehead atoms. The number of hydrogen-bond acceptors (Lipinski definition) is 5. The highest BCUT2D eigenvalue weighted by molar-refractivity contribution is 9.10. The van der Waals surface area contributed by atoms with Crippen LogP contribution in [0.3, 0.4) is 0 Å². The van der Waals surface area contributed by atoms with Gasteiger partial charge in [0.25, 0.3) is 5.56 Å². The predicted molar refractivity (Wildman–Crippen MR) is 125 cm³/mol. The molecule has 8 heteroatoms. The first kappa shape index (κ1) is 19.8. The highest BCUT2D eigenvalue weighted by Gasteiger charge is 2.22. The van der Waals surface area contributed by atoms with Gasteiger partial charge >= 0.3 is 0 Å². The summed E-state index contributed by atoms with van der Waals surface area (Å²) in [5.41, 5.74) is 4.01. The molecule has 0 radical (unpaired) electrons. The van der Waals surface area contributed by atoms with Gasteiger partial charge in [0.2, 0.25) is 0 Å². The van der Waals surface area contributed by atoms with Gasteiger partial charge < -0.3 is 4.74 Å². The second kappa shape index (κ2) is 7.86. The Balaban J connectivity index is 1.97. The van der Waals surface area contributed by atoms with Crippen molar-refractivity contribution in [2.24, 2.45) is 0 Å². The van der Waals surface area contributed by atoms with Crippen LogP contribution in [0.4, 0.5) is 0 Å². The molecule has 3 aromatic heterocycles. The minimum Gasteiger partial charge on any atom is -0.383 e. The first-order valence-corrected chi connectivity index (χ1v) is 10.9. The third-order valence-electron chi connectivity index (χ3n) is 5.36. The standard InChI is InChI=1S/C23H20BrN5O2/c1-3-18-27-21-19(23(30)28(18)12-13-31-2)20-22(26-17-7-5-4-6-16(17)25-20)29(21)15-10-8-14(24)9-11-15/h4-11H,3,12-13H2,1-2H3. The highest BCUT2D eigenvalue weighted by atomic mass is 79.9. The normalized spacial score (nSPS) is 11.7. The molecule has 0 aliphatic carbocycles. The zero-order valence-corrected chi connectivity index (χ0v) is 18.8. The van der Waals surface area contributed by atoms with Crippen molar-refractivity contribution < 1.29 is 4.74 Å². The van der Waals surface area contributed by atoms with E-state index in [0.29, 0.717) is 47.6 Å². The number of aromatic nitrogens is 5. The molecule has 0 unspecified atom stereocenters. The Morgan fingerprint density at radius 1 is 0.968 bits per heavy atom. The number of ether oxygens (including phenoxy) is 1. The molecular weight excluding hydrogens is 458 g/mol. The molecule has 0 saturated carbocycles. The molecule has 0 N–H and O–H groups in total. The molecule has 0 saturated heterocycles.